The zero-order valence-corrected chi connectivity index (χ0v) is 8.64. The van der Waals surface area contributed by atoms with E-state index in [2.05, 4.69) is 19.9 Å². The van der Waals surface area contributed by atoms with Crippen LogP contribution in [0, 0.1) is 6.92 Å². The number of rotatable bonds is 4. The summed E-state index contributed by atoms with van der Waals surface area (Å²) >= 11 is 0. The van der Waals surface area contributed by atoms with E-state index in [0.29, 0.717) is 0 Å². The van der Waals surface area contributed by atoms with Gasteiger partial charge in [-0.15, -0.1) is 0 Å². The first-order chi connectivity index (χ1) is 6.16. The minimum absolute atomic E-state index is 0.335. The molecule has 1 radical (unpaired) electrons. The Labute approximate surface area is 80.9 Å². The number of hydrogen-bond donors (Lipinski definition) is 0. The van der Waals surface area contributed by atoms with E-state index in [9.17, 15) is 0 Å². The lowest BCUT2D eigenvalue weighted by atomic mass is 10.1. The Morgan fingerprint density at radius 3 is 2.62 bits per heavy atom. The second-order valence-corrected chi connectivity index (χ2v) is 3.67. The molecule has 1 aliphatic rings. The Balaban J connectivity index is 2.25. The molecular weight excluding hydrogens is 164 g/mol. The smallest absolute Gasteiger partial charge is 0.166 e. The van der Waals surface area contributed by atoms with E-state index in [-0.39, 0.29) is 5.79 Å². The fraction of sp³-hybridized carbons (Fsp3) is 0.727. The van der Waals surface area contributed by atoms with Crippen molar-refractivity contribution in [3.63, 3.8) is 0 Å². The van der Waals surface area contributed by atoms with Gasteiger partial charge >= 0.3 is 0 Å². The predicted molar refractivity (Wildman–Crippen MR) is 53.3 cm³/mol. The van der Waals surface area contributed by atoms with Gasteiger partial charge in [-0.05, 0) is 33.6 Å². The molecule has 1 rings (SSSR count). The van der Waals surface area contributed by atoms with Crippen molar-refractivity contribution in [2.75, 3.05) is 13.2 Å². The molecule has 1 aliphatic heterocycles. The highest BCUT2D eigenvalue weighted by Gasteiger charge is 2.29. The van der Waals surface area contributed by atoms with Gasteiger partial charge in [0.15, 0.2) is 5.79 Å². The fourth-order valence-electron chi connectivity index (χ4n) is 1.38. The standard InChI is InChI=1S/C11H19O2/c1-4-10(2)6-5-7-11(3)12-8-9-13-11/h6H,1,4-5,7-9H2,2-3H3. The lowest BCUT2D eigenvalue weighted by molar-refractivity contribution is -0.145. The monoisotopic (exact) mass is 183 g/mol. The number of hydrogen-bond acceptors (Lipinski definition) is 2. The summed E-state index contributed by atoms with van der Waals surface area (Å²) in [5.41, 5.74) is 1.33. The largest absolute Gasteiger partial charge is 0.348 e. The summed E-state index contributed by atoms with van der Waals surface area (Å²) in [5.74, 6) is -0.335. The van der Waals surface area contributed by atoms with Gasteiger partial charge in [0.1, 0.15) is 0 Å². The normalized spacial score (nSPS) is 22.2. The van der Waals surface area contributed by atoms with Crippen molar-refractivity contribution in [3.05, 3.63) is 18.6 Å². The number of allylic oxidation sites excluding steroid dienone is 2. The molecule has 13 heavy (non-hydrogen) atoms. The van der Waals surface area contributed by atoms with Gasteiger partial charge in [-0.1, -0.05) is 11.6 Å². The fourth-order valence-corrected chi connectivity index (χ4v) is 1.38. The first-order valence-electron chi connectivity index (χ1n) is 4.89. The summed E-state index contributed by atoms with van der Waals surface area (Å²) in [6, 6.07) is 0. The van der Waals surface area contributed by atoms with Crippen LogP contribution in [-0.2, 0) is 9.47 Å². The van der Waals surface area contributed by atoms with Crippen molar-refractivity contribution in [1.29, 1.82) is 0 Å². The average Bonchev–Trinajstić information content (AvgIpc) is 2.52. The van der Waals surface area contributed by atoms with Gasteiger partial charge in [-0.3, -0.25) is 0 Å². The highest BCUT2D eigenvalue weighted by Crippen LogP contribution is 2.24. The molecule has 0 aromatic heterocycles. The minimum Gasteiger partial charge on any atom is -0.348 e. The van der Waals surface area contributed by atoms with Gasteiger partial charge in [0.25, 0.3) is 0 Å². The molecule has 2 heteroatoms. The average molecular weight is 183 g/mol. The first kappa shape index (κ1) is 10.7. The quantitative estimate of drug-likeness (QED) is 0.624. The van der Waals surface area contributed by atoms with E-state index in [0.717, 1.165) is 32.5 Å². The van der Waals surface area contributed by atoms with Crippen molar-refractivity contribution in [2.45, 2.75) is 38.9 Å². The molecule has 2 nitrogen and oxygen atoms in total. The van der Waals surface area contributed by atoms with Gasteiger partial charge in [-0.2, -0.15) is 0 Å². The van der Waals surface area contributed by atoms with Gasteiger partial charge in [0.2, 0.25) is 0 Å². The lowest BCUT2D eigenvalue weighted by Crippen LogP contribution is -2.24. The maximum atomic E-state index is 5.49. The maximum absolute atomic E-state index is 5.49. The van der Waals surface area contributed by atoms with Crippen molar-refractivity contribution in [3.8, 4) is 0 Å². The van der Waals surface area contributed by atoms with Crippen LogP contribution in [0.15, 0.2) is 11.6 Å². The molecule has 1 heterocycles. The molecule has 0 saturated carbocycles. The third-order valence-corrected chi connectivity index (χ3v) is 2.38. The predicted octanol–water partition coefficient (Wildman–Crippen LogP) is 2.70. The van der Waals surface area contributed by atoms with Crippen molar-refractivity contribution in [2.24, 2.45) is 0 Å². The second kappa shape index (κ2) is 4.77. The van der Waals surface area contributed by atoms with Gasteiger partial charge in [0.05, 0.1) is 13.2 Å². The maximum Gasteiger partial charge on any atom is 0.166 e. The summed E-state index contributed by atoms with van der Waals surface area (Å²) in [6.45, 7) is 9.39. The van der Waals surface area contributed by atoms with Crippen LogP contribution < -0.4 is 0 Å². The molecule has 0 aliphatic carbocycles. The summed E-state index contributed by atoms with van der Waals surface area (Å²) in [6.07, 6.45) is 5.05. The van der Waals surface area contributed by atoms with Crippen molar-refractivity contribution in [1.82, 2.24) is 0 Å². The van der Waals surface area contributed by atoms with E-state index in [1.165, 1.54) is 5.57 Å². The summed E-state index contributed by atoms with van der Waals surface area (Å²) in [4.78, 5) is 0. The van der Waals surface area contributed by atoms with E-state index in [4.69, 9.17) is 9.47 Å². The van der Waals surface area contributed by atoms with Crippen molar-refractivity contribution >= 4 is 0 Å². The zero-order valence-electron chi connectivity index (χ0n) is 8.64. The molecular formula is C11H19O2. The molecule has 0 amide bonds. The van der Waals surface area contributed by atoms with Crippen LogP contribution in [0.5, 0.6) is 0 Å². The molecule has 0 bridgehead atoms. The summed E-state index contributed by atoms with van der Waals surface area (Å²) < 4.78 is 11.0. The van der Waals surface area contributed by atoms with Crippen LogP contribution in [0.2, 0.25) is 0 Å². The Morgan fingerprint density at radius 2 is 2.08 bits per heavy atom. The molecule has 0 N–H and O–H groups in total. The van der Waals surface area contributed by atoms with E-state index in [1.54, 1.807) is 0 Å². The molecule has 1 fully saturated rings. The third kappa shape index (κ3) is 3.49. The topological polar surface area (TPSA) is 18.5 Å². The molecule has 0 unspecified atom stereocenters. The Morgan fingerprint density at radius 1 is 1.46 bits per heavy atom. The van der Waals surface area contributed by atoms with E-state index in [1.807, 2.05) is 6.92 Å². The van der Waals surface area contributed by atoms with Crippen LogP contribution in [0.25, 0.3) is 0 Å². The third-order valence-electron chi connectivity index (χ3n) is 2.38. The highest BCUT2D eigenvalue weighted by atomic mass is 16.7. The Bertz CT molecular complexity index is 179. The molecule has 0 spiro atoms. The minimum atomic E-state index is -0.335. The van der Waals surface area contributed by atoms with E-state index < -0.39 is 0 Å². The molecule has 1 saturated heterocycles. The van der Waals surface area contributed by atoms with Crippen LogP contribution in [-0.4, -0.2) is 19.0 Å². The zero-order chi connectivity index (χ0) is 9.73. The van der Waals surface area contributed by atoms with E-state index >= 15 is 0 Å². The van der Waals surface area contributed by atoms with Crippen LogP contribution in [0.3, 0.4) is 0 Å². The van der Waals surface area contributed by atoms with Crippen LogP contribution in [0.1, 0.15) is 33.1 Å². The Kier molecular flexibility index (Phi) is 3.94. The second-order valence-electron chi connectivity index (χ2n) is 3.67. The molecule has 0 atom stereocenters. The van der Waals surface area contributed by atoms with Crippen molar-refractivity contribution < 1.29 is 9.47 Å². The number of ether oxygens (including phenoxy) is 2. The van der Waals surface area contributed by atoms with Gasteiger partial charge in [-0.25, -0.2) is 0 Å². The Hall–Kier alpha value is -0.340. The van der Waals surface area contributed by atoms with Gasteiger partial charge in [0, 0.05) is 6.42 Å². The van der Waals surface area contributed by atoms with Crippen LogP contribution >= 0.6 is 0 Å². The first-order valence-corrected chi connectivity index (χ1v) is 4.89. The summed E-state index contributed by atoms with van der Waals surface area (Å²) in [5, 5.41) is 0. The highest BCUT2D eigenvalue weighted by molar-refractivity contribution is 4.98. The van der Waals surface area contributed by atoms with Gasteiger partial charge < -0.3 is 9.47 Å². The van der Waals surface area contributed by atoms with Crippen LogP contribution in [0.4, 0.5) is 0 Å². The molecule has 0 aromatic carbocycles. The SMILES string of the molecule is [CH2]CC(C)=CCCC1(C)OCCO1. The molecule has 75 valence electrons. The summed E-state index contributed by atoms with van der Waals surface area (Å²) in [7, 11) is 0. The molecule has 0 aromatic rings. The lowest BCUT2D eigenvalue weighted by Gasteiger charge is -2.21.